The summed E-state index contributed by atoms with van der Waals surface area (Å²) in [6.45, 7) is 0. The lowest BCUT2D eigenvalue weighted by Gasteiger charge is -2.01. The van der Waals surface area contributed by atoms with Crippen LogP contribution in [-0.4, -0.2) is 23.6 Å². The molecule has 0 radical (unpaired) electrons. The molecule has 21 heavy (non-hydrogen) atoms. The second-order valence-electron chi connectivity index (χ2n) is 4.33. The molecular formula is C17H14NO2P. The van der Waals surface area contributed by atoms with Crippen molar-refractivity contribution in [1.82, 2.24) is 0 Å². The summed E-state index contributed by atoms with van der Waals surface area (Å²) in [7, 11) is 0.685. The third-order valence-corrected chi connectivity index (χ3v) is 3.29. The predicted molar refractivity (Wildman–Crippen MR) is 88.8 cm³/mol. The minimum atomic E-state index is -0.165. The molecule has 1 heterocycles. The highest BCUT2D eigenvalue weighted by Gasteiger charge is 2.08. The predicted octanol–water partition coefficient (Wildman–Crippen LogP) is 3.35. The van der Waals surface area contributed by atoms with E-state index in [4.69, 9.17) is 0 Å². The van der Waals surface area contributed by atoms with E-state index in [2.05, 4.69) is 4.76 Å². The number of hydrogen-bond acceptors (Lipinski definition) is 3. The van der Waals surface area contributed by atoms with Crippen molar-refractivity contribution in [2.45, 2.75) is 6.42 Å². The number of hydrogen-bond donors (Lipinski definition) is 0. The molecule has 4 heteroatoms. The topological polar surface area (TPSA) is 46.5 Å². The molecule has 2 aliphatic rings. The molecular weight excluding hydrogens is 281 g/mol. The summed E-state index contributed by atoms with van der Waals surface area (Å²) < 4.78 is 4.01. The quantitative estimate of drug-likeness (QED) is 0.643. The van der Waals surface area contributed by atoms with Crippen molar-refractivity contribution < 1.29 is 9.59 Å². The monoisotopic (exact) mass is 295 g/mol. The van der Waals surface area contributed by atoms with Gasteiger partial charge < -0.3 is 0 Å². The molecule has 0 atom stereocenters. The van der Waals surface area contributed by atoms with Gasteiger partial charge in [0, 0.05) is 14.8 Å². The van der Waals surface area contributed by atoms with Gasteiger partial charge in [0.25, 0.3) is 0 Å². The van der Waals surface area contributed by atoms with Crippen LogP contribution in [0, 0.1) is 0 Å². The fourth-order valence-corrected chi connectivity index (χ4v) is 2.25. The van der Waals surface area contributed by atoms with Crippen LogP contribution in [0.3, 0.4) is 0 Å². The van der Waals surface area contributed by atoms with E-state index in [1.807, 2.05) is 30.1 Å². The van der Waals surface area contributed by atoms with E-state index in [9.17, 15) is 9.59 Å². The maximum Gasteiger partial charge on any atom is 0.197 e. The Bertz CT molecular complexity index is 671. The van der Waals surface area contributed by atoms with Gasteiger partial charge in [0.1, 0.15) is 0 Å². The highest BCUT2D eigenvalue weighted by atomic mass is 31.1. The van der Waals surface area contributed by atoms with Gasteiger partial charge in [0.05, 0.1) is 6.21 Å². The Balaban J connectivity index is 2.22. The third kappa shape index (κ3) is 5.25. The number of ketones is 2. The van der Waals surface area contributed by atoms with Gasteiger partial charge in [0.2, 0.25) is 0 Å². The first-order valence-electron chi connectivity index (χ1n) is 6.48. The first-order valence-corrected chi connectivity index (χ1v) is 7.40. The zero-order valence-electron chi connectivity index (χ0n) is 11.3. The first-order chi connectivity index (χ1) is 10.3. The van der Waals surface area contributed by atoms with Crippen LogP contribution in [0.5, 0.6) is 0 Å². The number of allylic oxidation sites excluding steroid dienone is 12. The average Bonchev–Trinajstić information content (AvgIpc) is 2.88. The van der Waals surface area contributed by atoms with Crippen LogP contribution in [0.15, 0.2) is 76.7 Å². The van der Waals surface area contributed by atoms with Gasteiger partial charge in [-0.2, -0.15) is 0 Å². The summed E-state index contributed by atoms with van der Waals surface area (Å²) in [4.78, 5) is 23.3. The average molecular weight is 295 g/mol. The Morgan fingerprint density at radius 1 is 0.905 bits per heavy atom. The van der Waals surface area contributed by atoms with Crippen LogP contribution >= 0.6 is 8.35 Å². The minimum Gasteiger partial charge on any atom is -0.294 e. The summed E-state index contributed by atoms with van der Waals surface area (Å²) in [6, 6.07) is 0. The summed E-state index contributed by atoms with van der Waals surface area (Å²) in [5.74, 6) is 1.73. The van der Waals surface area contributed by atoms with Crippen LogP contribution in [0.1, 0.15) is 6.42 Å². The van der Waals surface area contributed by atoms with Gasteiger partial charge >= 0.3 is 0 Å². The van der Waals surface area contributed by atoms with Gasteiger partial charge in [-0.1, -0.05) is 42.5 Å². The summed E-state index contributed by atoms with van der Waals surface area (Å²) in [5, 5.41) is 0. The lowest BCUT2D eigenvalue weighted by atomic mass is 10.0. The van der Waals surface area contributed by atoms with E-state index in [-0.39, 0.29) is 11.6 Å². The van der Waals surface area contributed by atoms with Crippen LogP contribution in [0.4, 0.5) is 0 Å². The van der Waals surface area contributed by atoms with Crippen molar-refractivity contribution in [3.8, 4) is 0 Å². The SMILES string of the molecule is O=C1\C=C/C=C\C=C/C(=O)CC2=CC=C/C2=C/C=P\N=C/1. The van der Waals surface area contributed by atoms with E-state index in [1.54, 1.807) is 24.3 Å². The molecule has 0 N–H and O–H groups in total. The first kappa shape index (κ1) is 15.0. The van der Waals surface area contributed by atoms with E-state index in [0.29, 0.717) is 14.8 Å². The number of fused-ring (bicyclic) bond motifs is 1. The maximum absolute atomic E-state index is 11.8. The van der Waals surface area contributed by atoms with Crippen molar-refractivity contribution in [2.75, 3.05) is 0 Å². The molecule has 1 aliphatic carbocycles. The molecule has 0 aromatic carbocycles. The van der Waals surface area contributed by atoms with Crippen molar-refractivity contribution in [3.63, 3.8) is 0 Å². The van der Waals surface area contributed by atoms with Gasteiger partial charge in [-0.3, -0.25) is 9.59 Å². The van der Waals surface area contributed by atoms with Gasteiger partial charge in [-0.05, 0) is 35.2 Å². The van der Waals surface area contributed by atoms with Crippen LogP contribution in [0.25, 0.3) is 0 Å². The molecule has 0 fully saturated rings. The van der Waals surface area contributed by atoms with E-state index in [0.717, 1.165) is 11.1 Å². The molecule has 0 spiro atoms. The van der Waals surface area contributed by atoms with E-state index < -0.39 is 0 Å². The normalized spacial score (nSPS) is 29.0. The summed E-state index contributed by atoms with van der Waals surface area (Å²) >= 11 is 0. The Morgan fingerprint density at radius 2 is 1.71 bits per heavy atom. The Morgan fingerprint density at radius 3 is 2.57 bits per heavy atom. The molecule has 0 amide bonds. The Kier molecular flexibility index (Phi) is 5.74. The standard InChI is InChI=1S/C17H14NO2P/c19-16-8-3-1-2-4-9-17(20)13-18-21-11-10-14-6-5-7-15(14)12-16/h1-11,13H,12H2/b2-1-,8-3-,9-4-,14-10-,18-13-. The lowest BCUT2D eigenvalue weighted by Crippen LogP contribution is -1.96. The van der Waals surface area contributed by atoms with Crippen LogP contribution in [-0.2, 0) is 9.59 Å². The summed E-state index contributed by atoms with van der Waals surface area (Å²) in [6.07, 6.45) is 19.1. The molecule has 0 saturated heterocycles. The number of nitrogens with zero attached hydrogens (tertiary/aromatic N) is 1. The number of rotatable bonds is 0. The zero-order valence-corrected chi connectivity index (χ0v) is 12.2. The van der Waals surface area contributed by atoms with Crippen LogP contribution < -0.4 is 0 Å². The summed E-state index contributed by atoms with van der Waals surface area (Å²) in [5.41, 5.74) is 2.00. The van der Waals surface area contributed by atoms with Crippen molar-refractivity contribution >= 4 is 31.9 Å². The van der Waals surface area contributed by atoms with E-state index >= 15 is 0 Å². The third-order valence-electron chi connectivity index (χ3n) is 2.76. The number of carbonyl (C=O) groups is 2. The molecule has 0 unspecified atom stereocenters. The Hall–Kier alpha value is -2.38. The van der Waals surface area contributed by atoms with Gasteiger partial charge in [0.15, 0.2) is 11.6 Å². The molecule has 104 valence electrons. The molecule has 1 aliphatic heterocycles. The van der Waals surface area contributed by atoms with Gasteiger partial charge in [-0.25, -0.2) is 4.76 Å². The molecule has 0 aromatic rings. The van der Waals surface area contributed by atoms with Crippen molar-refractivity contribution in [1.29, 1.82) is 0 Å². The molecule has 0 aromatic heterocycles. The van der Waals surface area contributed by atoms with E-state index in [1.165, 1.54) is 18.4 Å². The van der Waals surface area contributed by atoms with Gasteiger partial charge in [-0.15, -0.1) is 0 Å². The highest BCUT2D eigenvalue weighted by molar-refractivity contribution is 7.37. The lowest BCUT2D eigenvalue weighted by molar-refractivity contribution is -0.114. The fourth-order valence-electron chi connectivity index (χ4n) is 1.77. The van der Waals surface area contributed by atoms with Crippen molar-refractivity contribution in [3.05, 3.63) is 71.9 Å². The maximum atomic E-state index is 11.8. The van der Waals surface area contributed by atoms with Crippen molar-refractivity contribution in [2.24, 2.45) is 4.76 Å². The minimum absolute atomic E-state index is 0.0446. The zero-order chi connectivity index (χ0) is 14.9. The molecule has 0 bridgehead atoms. The second kappa shape index (κ2) is 8.03. The molecule has 2 rings (SSSR count). The smallest absolute Gasteiger partial charge is 0.197 e. The number of carbonyl (C=O) groups excluding carboxylic acids is 2. The fraction of sp³-hybridized carbons (Fsp3) is 0.0588. The Labute approximate surface area is 125 Å². The van der Waals surface area contributed by atoms with Crippen LogP contribution in [0.2, 0.25) is 0 Å². The molecule has 3 nitrogen and oxygen atoms in total. The highest BCUT2D eigenvalue weighted by Crippen LogP contribution is 2.21. The largest absolute Gasteiger partial charge is 0.294 e. The molecule has 0 saturated carbocycles. The second-order valence-corrected chi connectivity index (χ2v) is 5.09.